The summed E-state index contributed by atoms with van der Waals surface area (Å²) in [6, 6.07) is 0. The molecule has 0 radical (unpaired) electrons. The van der Waals surface area contributed by atoms with Gasteiger partial charge in [-0.05, 0) is 77.0 Å². The summed E-state index contributed by atoms with van der Waals surface area (Å²) in [6.45, 7) is 6.62. The maximum absolute atomic E-state index is 12.8. The van der Waals surface area contributed by atoms with Gasteiger partial charge < -0.3 is 14.2 Å². The number of esters is 3. The fourth-order valence-corrected chi connectivity index (χ4v) is 7.94. The molecule has 0 saturated heterocycles. The third kappa shape index (κ3) is 50.5. The molecule has 0 amide bonds. The molecule has 0 saturated carbocycles. The first-order valence-corrected chi connectivity index (χ1v) is 27.5. The Hall–Kier alpha value is -2.37. The summed E-state index contributed by atoms with van der Waals surface area (Å²) in [4.78, 5) is 38.1. The average Bonchev–Trinajstić information content (AvgIpc) is 3.28. The highest BCUT2D eigenvalue weighted by Gasteiger charge is 2.19. The molecule has 1 atom stereocenters. The molecule has 0 heterocycles. The zero-order valence-corrected chi connectivity index (χ0v) is 42.1. The lowest BCUT2D eigenvalue weighted by Crippen LogP contribution is -2.30. The Bertz CT molecular complexity index is 1060. The second kappa shape index (κ2) is 52.3. The Kier molecular flexibility index (Phi) is 50.3. The molecule has 0 aromatic heterocycles. The molecule has 368 valence electrons. The molecule has 6 nitrogen and oxygen atoms in total. The van der Waals surface area contributed by atoms with Crippen LogP contribution in [0.25, 0.3) is 0 Å². The van der Waals surface area contributed by atoms with Gasteiger partial charge in [0, 0.05) is 19.3 Å². The number of hydrogen-bond acceptors (Lipinski definition) is 6. The fourth-order valence-electron chi connectivity index (χ4n) is 7.94. The fraction of sp³-hybridized carbons (Fsp3) is 0.842. The summed E-state index contributed by atoms with van der Waals surface area (Å²) in [7, 11) is 0. The molecular formula is C57H104O6. The summed E-state index contributed by atoms with van der Waals surface area (Å²) in [5.74, 6) is -0.880. The minimum atomic E-state index is -0.776. The molecule has 0 aliphatic rings. The van der Waals surface area contributed by atoms with E-state index in [1.807, 2.05) is 0 Å². The van der Waals surface area contributed by atoms with Crippen LogP contribution in [0.15, 0.2) is 36.5 Å². The first kappa shape index (κ1) is 60.6. The number of carbonyl (C=O) groups excluding carboxylic acids is 3. The van der Waals surface area contributed by atoms with Crippen LogP contribution in [0, 0.1) is 0 Å². The predicted octanol–water partition coefficient (Wildman–Crippen LogP) is 18.1. The molecule has 0 aliphatic carbocycles. The lowest BCUT2D eigenvalue weighted by Gasteiger charge is -2.18. The molecule has 6 heteroatoms. The predicted molar refractivity (Wildman–Crippen MR) is 270 cm³/mol. The Labute approximate surface area is 391 Å². The number of allylic oxidation sites excluding steroid dienone is 6. The Morgan fingerprint density at radius 3 is 0.937 bits per heavy atom. The van der Waals surface area contributed by atoms with E-state index in [2.05, 4.69) is 57.2 Å². The van der Waals surface area contributed by atoms with E-state index in [4.69, 9.17) is 14.2 Å². The van der Waals surface area contributed by atoms with E-state index < -0.39 is 6.10 Å². The van der Waals surface area contributed by atoms with Crippen molar-refractivity contribution < 1.29 is 28.6 Å². The lowest BCUT2D eigenvalue weighted by atomic mass is 10.0. The molecule has 0 fully saturated rings. The van der Waals surface area contributed by atoms with Crippen LogP contribution in [0.2, 0.25) is 0 Å². The summed E-state index contributed by atoms with van der Waals surface area (Å²) in [5.41, 5.74) is 0. The molecular weight excluding hydrogens is 781 g/mol. The number of ether oxygens (including phenoxy) is 3. The maximum Gasteiger partial charge on any atom is 0.306 e. The van der Waals surface area contributed by atoms with Gasteiger partial charge >= 0.3 is 17.9 Å². The van der Waals surface area contributed by atoms with E-state index in [-0.39, 0.29) is 31.1 Å². The van der Waals surface area contributed by atoms with E-state index in [0.717, 1.165) is 77.0 Å². The van der Waals surface area contributed by atoms with Crippen LogP contribution in [-0.2, 0) is 28.6 Å². The second-order valence-corrected chi connectivity index (χ2v) is 18.5. The SMILES string of the molecule is CCCCCC=CCC=CCCCCCCCC(=O)OCC(COC(=O)CCCCCCCCCC=CCCCCCC)OC(=O)CCCCCCCCCCCCCCCCC. The number of unbranched alkanes of at least 4 members (excludes halogenated alkanes) is 33. The van der Waals surface area contributed by atoms with E-state index in [1.165, 1.54) is 173 Å². The van der Waals surface area contributed by atoms with E-state index in [0.29, 0.717) is 19.3 Å². The summed E-state index contributed by atoms with van der Waals surface area (Å²) in [5, 5.41) is 0. The molecule has 0 spiro atoms. The molecule has 0 aromatic carbocycles. The van der Waals surface area contributed by atoms with Crippen molar-refractivity contribution in [1.29, 1.82) is 0 Å². The van der Waals surface area contributed by atoms with Gasteiger partial charge in [-0.25, -0.2) is 0 Å². The highest BCUT2D eigenvalue weighted by molar-refractivity contribution is 5.71. The Balaban J connectivity index is 4.37. The van der Waals surface area contributed by atoms with Crippen molar-refractivity contribution in [3.05, 3.63) is 36.5 Å². The van der Waals surface area contributed by atoms with Crippen molar-refractivity contribution in [2.45, 2.75) is 297 Å². The Morgan fingerprint density at radius 1 is 0.317 bits per heavy atom. The standard InChI is InChI=1S/C57H104O6/c1-4-7-10-13-16-19-22-25-28-31-34-37-40-43-46-49-55(58)61-52-54(63-57(60)51-48-45-42-39-36-33-30-27-24-21-18-15-12-9-6-3)53-62-56(59)50-47-44-41-38-35-32-29-26-23-20-17-14-11-8-5-2/h16,19-20,23,25,28,54H,4-15,17-18,21-22,24,26-27,29-53H2,1-3H3. The topological polar surface area (TPSA) is 78.9 Å². The van der Waals surface area contributed by atoms with Crippen molar-refractivity contribution in [2.75, 3.05) is 13.2 Å². The van der Waals surface area contributed by atoms with Crippen molar-refractivity contribution in [3.8, 4) is 0 Å². The largest absolute Gasteiger partial charge is 0.462 e. The van der Waals surface area contributed by atoms with E-state index >= 15 is 0 Å². The minimum Gasteiger partial charge on any atom is -0.462 e. The molecule has 0 aliphatic heterocycles. The van der Waals surface area contributed by atoms with E-state index in [1.54, 1.807) is 0 Å². The van der Waals surface area contributed by atoms with Crippen LogP contribution in [-0.4, -0.2) is 37.2 Å². The van der Waals surface area contributed by atoms with Gasteiger partial charge in [-0.15, -0.1) is 0 Å². The Morgan fingerprint density at radius 2 is 0.571 bits per heavy atom. The van der Waals surface area contributed by atoms with Crippen molar-refractivity contribution in [2.24, 2.45) is 0 Å². The first-order valence-electron chi connectivity index (χ1n) is 27.5. The third-order valence-electron chi connectivity index (χ3n) is 12.1. The molecule has 1 unspecified atom stereocenters. The van der Waals surface area contributed by atoms with Gasteiger partial charge in [0.05, 0.1) is 0 Å². The van der Waals surface area contributed by atoms with Crippen LogP contribution in [0.3, 0.4) is 0 Å². The van der Waals surface area contributed by atoms with Crippen LogP contribution in [0.4, 0.5) is 0 Å². The van der Waals surface area contributed by atoms with Gasteiger partial charge in [0.15, 0.2) is 6.10 Å². The zero-order valence-electron chi connectivity index (χ0n) is 42.1. The summed E-state index contributed by atoms with van der Waals surface area (Å²) in [6.07, 6.45) is 61.2. The van der Waals surface area contributed by atoms with Crippen molar-refractivity contribution in [1.82, 2.24) is 0 Å². The first-order chi connectivity index (χ1) is 31.0. The smallest absolute Gasteiger partial charge is 0.306 e. The second-order valence-electron chi connectivity index (χ2n) is 18.5. The molecule has 63 heavy (non-hydrogen) atoms. The van der Waals surface area contributed by atoms with Crippen LogP contribution in [0.1, 0.15) is 290 Å². The van der Waals surface area contributed by atoms with Gasteiger partial charge in [0.25, 0.3) is 0 Å². The van der Waals surface area contributed by atoms with Gasteiger partial charge in [-0.2, -0.15) is 0 Å². The number of rotatable bonds is 50. The minimum absolute atomic E-state index is 0.0758. The highest BCUT2D eigenvalue weighted by Crippen LogP contribution is 2.16. The van der Waals surface area contributed by atoms with Gasteiger partial charge in [-0.1, -0.05) is 231 Å². The van der Waals surface area contributed by atoms with Gasteiger partial charge in [0.1, 0.15) is 13.2 Å². The number of hydrogen-bond donors (Lipinski definition) is 0. The molecule has 0 aromatic rings. The molecule has 0 N–H and O–H groups in total. The highest BCUT2D eigenvalue weighted by atomic mass is 16.6. The normalized spacial score (nSPS) is 12.2. The van der Waals surface area contributed by atoms with Crippen molar-refractivity contribution in [3.63, 3.8) is 0 Å². The third-order valence-corrected chi connectivity index (χ3v) is 12.1. The molecule has 0 bridgehead atoms. The monoisotopic (exact) mass is 885 g/mol. The van der Waals surface area contributed by atoms with Gasteiger partial charge in [-0.3, -0.25) is 14.4 Å². The summed E-state index contributed by atoms with van der Waals surface area (Å²) < 4.78 is 16.8. The zero-order chi connectivity index (χ0) is 45.8. The quantitative estimate of drug-likeness (QED) is 0.0262. The van der Waals surface area contributed by atoms with Crippen LogP contribution >= 0.6 is 0 Å². The van der Waals surface area contributed by atoms with Crippen LogP contribution in [0.5, 0.6) is 0 Å². The molecule has 0 rings (SSSR count). The van der Waals surface area contributed by atoms with Crippen LogP contribution < -0.4 is 0 Å². The maximum atomic E-state index is 12.8. The number of carbonyl (C=O) groups is 3. The van der Waals surface area contributed by atoms with Crippen molar-refractivity contribution >= 4 is 17.9 Å². The van der Waals surface area contributed by atoms with E-state index in [9.17, 15) is 14.4 Å². The average molecular weight is 885 g/mol. The summed E-state index contributed by atoms with van der Waals surface area (Å²) >= 11 is 0. The van der Waals surface area contributed by atoms with Gasteiger partial charge in [0.2, 0.25) is 0 Å². The lowest BCUT2D eigenvalue weighted by molar-refractivity contribution is -0.167.